The van der Waals surface area contributed by atoms with Gasteiger partial charge in [0.15, 0.2) is 23.0 Å². The van der Waals surface area contributed by atoms with E-state index in [-0.39, 0.29) is 30.6 Å². The summed E-state index contributed by atoms with van der Waals surface area (Å²) < 4.78 is 34.7. The number of carbonyl (C=O) groups excluding carboxylic acids is 1. The number of carbonyl (C=O) groups is 1. The van der Waals surface area contributed by atoms with Crippen molar-refractivity contribution in [2.24, 2.45) is 0 Å². The average Bonchev–Trinajstić information content (AvgIpc) is 3.38. The molecule has 0 aliphatic carbocycles. The first-order valence-corrected chi connectivity index (χ1v) is 8.77. The van der Waals surface area contributed by atoms with E-state index in [2.05, 4.69) is 0 Å². The molecular formula is C21H14FNO7. The van der Waals surface area contributed by atoms with Crippen LogP contribution in [0.2, 0.25) is 0 Å². The monoisotopic (exact) mass is 411 g/mol. The van der Waals surface area contributed by atoms with Gasteiger partial charge in [0.2, 0.25) is 6.79 Å². The van der Waals surface area contributed by atoms with E-state index in [0.29, 0.717) is 28.6 Å². The Hall–Kier alpha value is -4.14. The van der Waals surface area contributed by atoms with E-state index in [0.717, 1.165) is 18.2 Å². The molecule has 8 nitrogen and oxygen atoms in total. The van der Waals surface area contributed by atoms with E-state index in [1.807, 2.05) is 0 Å². The molecule has 0 saturated heterocycles. The molecule has 0 unspecified atom stereocenters. The number of furan rings is 1. The minimum Gasteiger partial charge on any atom is -0.479 e. The fourth-order valence-corrected chi connectivity index (χ4v) is 2.77. The lowest BCUT2D eigenvalue weighted by molar-refractivity contribution is -0.386. The maximum absolute atomic E-state index is 13.3. The zero-order chi connectivity index (χ0) is 21.1. The molecule has 0 fully saturated rings. The van der Waals surface area contributed by atoms with E-state index >= 15 is 0 Å². The number of fused-ring (bicyclic) bond motifs is 1. The summed E-state index contributed by atoms with van der Waals surface area (Å²) in [5, 5.41) is 11.0. The van der Waals surface area contributed by atoms with Crippen molar-refractivity contribution in [1.82, 2.24) is 0 Å². The molecule has 1 aliphatic heterocycles. The van der Waals surface area contributed by atoms with Crippen LogP contribution in [0, 0.1) is 15.9 Å². The molecule has 4 rings (SSSR count). The van der Waals surface area contributed by atoms with E-state index in [4.69, 9.17) is 18.6 Å². The number of allylic oxidation sites excluding steroid dienone is 1. The van der Waals surface area contributed by atoms with Crippen molar-refractivity contribution in [3.8, 4) is 17.2 Å². The second-order valence-corrected chi connectivity index (χ2v) is 6.23. The molecule has 1 aromatic heterocycles. The second kappa shape index (κ2) is 8.08. The van der Waals surface area contributed by atoms with Crippen molar-refractivity contribution in [2.75, 3.05) is 6.79 Å². The third-order valence-electron chi connectivity index (χ3n) is 4.23. The van der Waals surface area contributed by atoms with Crippen LogP contribution in [0.4, 0.5) is 10.1 Å². The van der Waals surface area contributed by atoms with Crippen molar-refractivity contribution >= 4 is 17.5 Å². The molecule has 0 radical (unpaired) electrons. The molecule has 1 aliphatic rings. The lowest BCUT2D eigenvalue weighted by Gasteiger charge is -2.05. The first-order chi connectivity index (χ1) is 14.5. The number of ether oxygens (including phenoxy) is 3. The molecule has 0 saturated carbocycles. The number of ketones is 1. The van der Waals surface area contributed by atoms with Crippen molar-refractivity contribution < 1.29 is 32.7 Å². The summed E-state index contributed by atoms with van der Waals surface area (Å²) in [7, 11) is 0. The number of hydrogen-bond donors (Lipinski definition) is 0. The number of benzene rings is 2. The van der Waals surface area contributed by atoms with Gasteiger partial charge < -0.3 is 18.6 Å². The highest BCUT2D eigenvalue weighted by molar-refractivity contribution is 6.07. The van der Waals surface area contributed by atoms with Gasteiger partial charge in [0.25, 0.3) is 0 Å². The number of halogens is 1. The predicted molar refractivity (Wildman–Crippen MR) is 102 cm³/mol. The Morgan fingerprint density at radius 3 is 2.80 bits per heavy atom. The molecule has 0 atom stereocenters. The van der Waals surface area contributed by atoms with Crippen LogP contribution in [0.5, 0.6) is 17.2 Å². The van der Waals surface area contributed by atoms with Gasteiger partial charge in [-0.15, -0.1) is 0 Å². The third kappa shape index (κ3) is 4.14. The normalized spacial score (nSPS) is 12.3. The second-order valence-electron chi connectivity index (χ2n) is 6.23. The largest absolute Gasteiger partial charge is 0.479 e. The Balaban J connectivity index is 1.40. The zero-order valence-electron chi connectivity index (χ0n) is 15.4. The topological polar surface area (TPSA) is 101 Å². The number of nitro groups is 1. The average molecular weight is 411 g/mol. The van der Waals surface area contributed by atoms with E-state index in [1.54, 1.807) is 30.3 Å². The van der Waals surface area contributed by atoms with Gasteiger partial charge in [-0.2, -0.15) is 0 Å². The lowest BCUT2D eigenvalue weighted by atomic mass is 10.1. The number of rotatable bonds is 7. The summed E-state index contributed by atoms with van der Waals surface area (Å²) in [5.41, 5.74) is 0.0847. The Morgan fingerprint density at radius 1 is 1.13 bits per heavy atom. The smallest absolute Gasteiger partial charge is 0.311 e. The van der Waals surface area contributed by atoms with Crippen LogP contribution in [-0.2, 0) is 6.61 Å². The molecule has 0 spiro atoms. The molecular weight excluding hydrogens is 397 g/mol. The summed E-state index contributed by atoms with van der Waals surface area (Å²) >= 11 is 0. The van der Waals surface area contributed by atoms with Crippen LogP contribution in [0.3, 0.4) is 0 Å². The van der Waals surface area contributed by atoms with Gasteiger partial charge in [-0.3, -0.25) is 14.9 Å². The molecule has 0 bridgehead atoms. The Labute approximate surface area is 169 Å². The Kier molecular flexibility index (Phi) is 5.17. The highest BCUT2D eigenvalue weighted by atomic mass is 19.1. The van der Waals surface area contributed by atoms with Crippen LogP contribution in [0.1, 0.15) is 21.9 Å². The Morgan fingerprint density at radius 2 is 1.97 bits per heavy atom. The van der Waals surface area contributed by atoms with Gasteiger partial charge in [0, 0.05) is 17.7 Å². The third-order valence-corrected chi connectivity index (χ3v) is 4.23. The summed E-state index contributed by atoms with van der Waals surface area (Å²) in [6.45, 7) is -0.0208. The first kappa shape index (κ1) is 19.2. The van der Waals surface area contributed by atoms with Crippen molar-refractivity contribution in [2.45, 2.75) is 6.61 Å². The van der Waals surface area contributed by atoms with Crippen LogP contribution < -0.4 is 14.2 Å². The van der Waals surface area contributed by atoms with Crippen LogP contribution >= 0.6 is 0 Å². The Bertz CT molecular complexity index is 1150. The highest BCUT2D eigenvalue weighted by Gasteiger charge is 2.17. The van der Waals surface area contributed by atoms with E-state index < -0.39 is 10.7 Å². The van der Waals surface area contributed by atoms with Crippen molar-refractivity contribution in [1.29, 1.82) is 0 Å². The molecule has 3 aromatic rings. The SMILES string of the molecule is O=C(/C=C/c1ccc(COc2cc(F)ccc2[N+](=O)[O-])o1)c1ccc2c(c1)OCO2. The molecule has 9 heteroatoms. The molecule has 0 N–H and O–H groups in total. The minimum atomic E-state index is -0.660. The maximum atomic E-state index is 13.3. The van der Waals surface area contributed by atoms with Gasteiger partial charge in [0.1, 0.15) is 23.9 Å². The summed E-state index contributed by atoms with van der Waals surface area (Å²) in [6, 6.07) is 11.1. The molecule has 2 aromatic carbocycles. The predicted octanol–water partition coefficient (Wildman–Crippen LogP) is 4.53. The number of hydrogen-bond acceptors (Lipinski definition) is 7. The number of nitrogens with zero attached hydrogens (tertiary/aromatic N) is 1. The number of nitro benzene ring substituents is 1. The summed E-state index contributed by atoms with van der Waals surface area (Å²) in [6.07, 6.45) is 2.83. The standard InChI is InChI=1S/C21H14FNO7/c22-14-2-6-17(23(25)26)20(10-14)27-11-16-4-3-15(30-16)5-7-18(24)13-1-8-19-21(9-13)29-12-28-19/h1-10H,11-12H2/b7-5+. The minimum absolute atomic E-state index is 0.124. The molecule has 152 valence electrons. The maximum Gasteiger partial charge on any atom is 0.311 e. The van der Waals surface area contributed by atoms with Crippen molar-refractivity contribution in [3.05, 3.63) is 87.6 Å². The van der Waals surface area contributed by atoms with Gasteiger partial charge >= 0.3 is 5.69 Å². The highest BCUT2D eigenvalue weighted by Crippen LogP contribution is 2.33. The first-order valence-electron chi connectivity index (χ1n) is 8.77. The quantitative estimate of drug-likeness (QED) is 0.244. The molecule has 0 amide bonds. The summed E-state index contributed by atoms with van der Waals surface area (Å²) in [4.78, 5) is 22.7. The van der Waals surface area contributed by atoms with Gasteiger partial charge in [-0.1, -0.05) is 0 Å². The summed E-state index contributed by atoms with van der Waals surface area (Å²) in [5.74, 6) is 0.730. The van der Waals surface area contributed by atoms with E-state index in [1.165, 1.54) is 12.2 Å². The van der Waals surface area contributed by atoms with Gasteiger partial charge in [-0.05, 0) is 48.6 Å². The lowest BCUT2D eigenvalue weighted by Crippen LogP contribution is -1.99. The molecule has 30 heavy (non-hydrogen) atoms. The fourth-order valence-electron chi connectivity index (χ4n) is 2.77. The fraction of sp³-hybridized carbons (Fsp3) is 0.0952. The van der Waals surface area contributed by atoms with Gasteiger partial charge in [0.05, 0.1) is 4.92 Å². The van der Waals surface area contributed by atoms with Crippen LogP contribution in [0.25, 0.3) is 6.08 Å². The van der Waals surface area contributed by atoms with Crippen molar-refractivity contribution in [3.63, 3.8) is 0 Å². The van der Waals surface area contributed by atoms with Crippen LogP contribution in [-0.4, -0.2) is 17.5 Å². The van der Waals surface area contributed by atoms with E-state index in [9.17, 15) is 19.3 Å². The van der Waals surface area contributed by atoms with Crippen LogP contribution in [0.15, 0.2) is 59.0 Å². The van der Waals surface area contributed by atoms with Gasteiger partial charge in [-0.25, -0.2) is 4.39 Å². The zero-order valence-corrected chi connectivity index (χ0v) is 15.4. The molecule has 2 heterocycles.